The van der Waals surface area contributed by atoms with Crippen molar-refractivity contribution < 1.29 is 19.8 Å². The molecule has 0 spiro atoms. The minimum Gasteiger partial charge on any atom is -0.480 e. The summed E-state index contributed by atoms with van der Waals surface area (Å²) >= 11 is 0. The molecule has 0 aromatic carbocycles. The SMILES string of the molecule is CC(NCCCCCNC(C)C(=O)O)C(=O)O. The van der Waals surface area contributed by atoms with Crippen molar-refractivity contribution in [2.24, 2.45) is 0 Å². The number of carboxylic acid groups (broad SMARTS) is 2. The van der Waals surface area contributed by atoms with Gasteiger partial charge < -0.3 is 20.8 Å². The Labute approximate surface area is 101 Å². The molecule has 0 aliphatic heterocycles. The van der Waals surface area contributed by atoms with Crippen molar-refractivity contribution in [3.63, 3.8) is 0 Å². The Hall–Kier alpha value is -1.14. The van der Waals surface area contributed by atoms with Gasteiger partial charge in [-0.3, -0.25) is 9.59 Å². The Balaban J connectivity index is 3.30. The molecule has 0 fully saturated rings. The lowest BCUT2D eigenvalue weighted by atomic mass is 10.2. The predicted molar refractivity (Wildman–Crippen MR) is 64.1 cm³/mol. The molecule has 100 valence electrons. The molecule has 0 aromatic heterocycles. The summed E-state index contributed by atoms with van der Waals surface area (Å²) in [7, 11) is 0. The smallest absolute Gasteiger partial charge is 0.320 e. The van der Waals surface area contributed by atoms with Gasteiger partial charge in [-0.05, 0) is 39.8 Å². The summed E-state index contributed by atoms with van der Waals surface area (Å²) in [5.41, 5.74) is 0. The fourth-order valence-corrected chi connectivity index (χ4v) is 1.24. The zero-order chi connectivity index (χ0) is 13.3. The molecule has 0 aliphatic rings. The van der Waals surface area contributed by atoms with Crippen molar-refractivity contribution in [3.05, 3.63) is 0 Å². The van der Waals surface area contributed by atoms with Gasteiger partial charge in [0.2, 0.25) is 0 Å². The lowest BCUT2D eigenvalue weighted by Crippen LogP contribution is -2.35. The Bertz CT molecular complexity index is 222. The van der Waals surface area contributed by atoms with Gasteiger partial charge in [0.1, 0.15) is 12.1 Å². The van der Waals surface area contributed by atoms with Crippen molar-refractivity contribution in [3.8, 4) is 0 Å². The number of hydrogen-bond acceptors (Lipinski definition) is 4. The Morgan fingerprint density at radius 1 is 0.882 bits per heavy atom. The normalized spacial score (nSPS) is 14.2. The maximum absolute atomic E-state index is 10.5. The van der Waals surface area contributed by atoms with E-state index in [1.165, 1.54) is 0 Å². The van der Waals surface area contributed by atoms with Crippen LogP contribution in [0.4, 0.5) is 0 Å². The number of carboxylic acids is 2. The van der Waals surface area contributed by atoms with E-state index in [-0.39, 0.29) is 0 Å². The second-order valence-electron chi connectivity index (χ2n) is 4.09. The highest BCUT2D eigenvalue weighted by Gasteiger charge is 2.09. The van der Waals surface area contributed by atoms with Gasteiger partial charge in [-0.2, -0.15) is 0 Å². The van der Waals surface area contributed by atoms with E-state index in [2.05, 4.69) is 10.6 Å². The highest BCUT2D eigenvalue weighted by molar-refractivity contribution is 5.73. The Morgan fingerprint density at radius 2 is 1.24 bits per heavy atom. The van der Waals surface area contributed by atoms with Crippen molar-refractivity contribution in [2.75, 3.05) is 13.1 Å². The fourth-order valence-electron chi connectivity index (χ4n) is 1.24. The van der Waals surface area contributed by atoms with Crippen molar-refractivity contribution in [2.45, 2.75) is 45.2 Å². The maximum atomic E-state index is 10.5. The molecule has 0 heterocycles. The van der Waals surface area contributed by atoms with E-state index in [0.717, 1.165) is 19.3 Å². The van der Waals surface area contributed by atoms with Gasteiger partial charge in [0.15, 0.2) is 0 Å². The van der Waals surface area contributed by atoms with Gasteiger partial charge in [-0.25, -0.2) is 0 Å². The zero-order valence-electron chi connectivity index (χ0n) is 10.4. The number of carbonyl (C=O) groups is 2. The molecule has 6 heteroatoms. The Morgan fingerprint density at radius 3 is 1.53 bits per heavy atom. The van der Waals surface area contributed by atoms with Gasteiger partial charge in [0, 0.05) is 0 Å². The first-order valence-corrected chi connectivity index (χ1v) is 5.87. The summed E-state index contributed by atoms with van der Waals surface area (Å²) in [6.07, 6.45) is 2.72. The summed E-state index contributed by atoms with van der Waals surface area (Å²) < 4.78 is 0. The first kappa shape index (κ1) is 15.9. The van der Waals surface area contributed by atoms with E-state index < -0.39 is 24.0 Å². The van der Waals surface area contributed by atoms with Gasteiger partial charge in [-0.1, -0.05) is 6.42 Å². The number of hydrogen-bond donors (Lipinski definition) is 4. The molecular formula is C11H22N2O4. The van der Waals surface area contributed by atoms with Crippen LogP contribution in [0.3, 0.4) is 0 Å². The van der Waals surface area contributed by atoms with Crippen molar-refractivity contribution >= 4 is 11.9 Å². The van der Waals surface area contributed by atoms with E-state index >= 15 is 0 Å². The summed E-state index contributed by atoms with van der Waals surface area (Å²) in [5, 5.41) is 23.0. The number of rotatable bonds is 10. The number of aliphatic carboxylic acids is 2. The fraction of sp³-hybridized carbons (Fsp3) is 0.818. The third kappa shape index (κ3) is 8.65. The minimum atomic E-state index is -0.845. The lowest BCUT2D eigenvalue weighted by molar-refractivity contribution is -0.139. The van der Waals surface area contributed by atoms with Crippen LogP contribution in [0.2, 0.25) is 0 Å². The van der Waals surface area contributed by atoms with Crippen LogP contribution in [-0.2, 0) is 9.59 Å². The maximum Gasteiger partial charge on any atom is 0.320 e. The number of nitrogens with one attached hydrogen (secondary N) is 2. The zero-order valence-corrected chi connectivity index (χ0v) is 10.4. The van der Waals surface area contributed by atoms with E-state index in [1.54, 1.807) is 13.8 Å². The van der Waals surface area contributed by atoms with Crippen molar-refractivity contribution in [1.29, 1.82) is 0 Å². The quantitative estimate of drug-likeness (QED) is 0.413. The largest absolute Gasteiger partial charge is 0.480 e. The topological polar surface area (TPSA) is 98.7 Å². The van der Waals surface area contributed by atoms with Gasteiger partial charge >= 0.3 is 11.9 Å². The molecule has 17 heavy (non-hydrogen) atoms. The van der Waals surface area contributed by atoms with Crippen LogP contribution in [0.5, 0.6) is 0 Å². The van der Waals surface area contributed by atoms with Gasteiger partial charge in [-0.15, -0.1) is 0 Å². The summed E-state index contributed by atoms with van der Waals surface area (Å²) in [6.45, 7) is 4.56. The van der Waals surface area contributed by atoms with E-state index in [1.807, 2.05) is 0 Å². The molecule has 0 rings (SSSR count). The second kappa shape index (κ2) is 8.95. The predicted octanol–water partition coefficient (Wildman–Crippen LogP) is 0.282. The molecule has 0 saturated carbocycles. The molecule has 6 nitrogen and oxygen atoms in total. The van der Waals surface area contributed by atoms with Gasteiger partial charge in [0.05, 0.1) is 0 Å². The van der Waals surface area contributed by atoms with Crippen LogP contribution < -0.4 is 10.6 Å². The second-order valence-corrected chi connectivity index (χ2v) is 4.09. The summed E-state index contributed by atoms with van der Waals surface area (Å²) in [6, 6.07) is -1.03. The Kier molecular flexibility index (Phi) is 8.35. The highest BCUT2D eigenvalue weighted by Crippen LogP contribution is 1.94. The first-order chi connectivity index (χ1) is 7.95. The molecule has 0 amide bonds. The van der Waals surface area contributed by atoms with E-state index in [4.69, 9.17) is 10.2 Å². The molecule has 0 aromatic rings. The average molecular weight is 246 g/mol. The molecular weight excluding hydrogens is 224 g/mol. The molecule has 0 bridgehead atoms. The van der Waals surface area contributed by atoms with E-state index in [0.29, 0.717) is 13.1 Å². The average Bonchev–Trinajstić information content (AvgIpc) is 2.26. The van der Waals surface area contributed by atoms with Crippen LogP contribution in [0.15, 0.2) is 0 Å². The molecule has 0 saturated heterocycles. The molecule has 0 radical (unpaired) electrons. The molecule has 2 unspecified atom stereocenters. The van der Waals surface area contributed by atoms with Crippen LogP contribution in [-0.4, -0.2) is 47.3 Å². The van der Waals surface area contributed by atoms with Gasteiger partial charge in [0.25, 0.3) is 0 Å². The minimum absolute atomic E-state index is 0.514. The third-order valence-electron chi connectivity index (χ3n) is 2.50. The molecule has 0 aliphatic carbocycles. The van der Waals surface area contributed by atoms with Crippen LogP contribution in [0, 0.1) is 0 Å². The molecule has 4 N–H and O–H groups in total. The first-order valence-electron chi connectivity index (χ1n) is 5.87. The van der Waals surface area contributed by atoms with Crippen LogP contribution >= 0.6 is 0 Å². The standard InChI is InChI=1S/C11H22N2O4/c1-8(10(14)15)12-6-4-3-5-7-13-9(2)11(16)17/h8-9,12-13H,3-7H2,1-2H3,(H,14,15)(H,16,17). The lowest BCUT2D eigenvalue weighted by Gasteiger charge is -2.10. The van der Waals surface area contributed by atoms with Crippen LogP contribution in [0.25, 0.3) is 0 Å². The van der Waals surface area contributed by atoms with Crippen molar-refractivity contribution in [1.82, 2.24) is 10.6 Å². The van der Waals surface area contributed by atoms with Crippen LogP contribution in [0.1, 0.15) is 33.1 Å². The summed E-state index contributed by atoms with van der Waals surface area (Å²) in [5.74, 6) is -1.69. The van der Waals surface area contributed by atoms with E-state index in [9.17, 15) is 9.59 Å². The number of unbranched alkanes of at least 4 members (excludes halogenated alkanes) is 2. The summed E-state index contributed by atoms with van der Waals surface area (Å²) in [4.78, 5) is 21.0. The third-order valence-corrected chi connectivity index (χ3v) is 2.50. The monoisotopic (exact) mass is 246 g/mol. The highest BCUT2D eigenvalue weighted by atomic mass is 16.4. The molecule has 2 atom stereocenters.